The normalized spacial score (nSPS) is 12.6. The van der Waals surface area contributed by atoms with Crippen molar-refractivity contribution in [1.82, 2.24) is 0 Å². The molecule has 0 aliphatic heterocycles. The van der Waals surface area contributed by atoms with E-state index in [1.54, 1.807) is 0 Å². The Morgan fingerprint density at radius 2 is 1.86 bits per heavy atom. The van der Waals surface area contributed by atoms with Gasteiger partial charge in [-0.25, -0.2) is 8.42 Å². The van der Waals surface area contributed by atoms with Crippen LogP contribution in [0.2, 0.25) is 0 Å². The third kappa shape index (κ3) is 7.84. The van der Waals surface area contributed by atoms with Crippen LogP contribution in [0.3, 0.4) is 0 Å². The molecule has 0 saturated heterocycles. The van der Waals surface area contributed by atoms with E-state index in [-0.39, 0.29) is 0 Å². The van der Waals surface area contributed by atoms with E-state index in [1.807, 2.05) is 0 Å². The van der Waals surface area contributed by atoms with Crippen LogP contribution in [0.1, 0.15) is 13.3 Å². The molecule has 0 heterocycles. The molecule has 0 unspecified atom stereocenters. The van der Waals surface area contributed by atoms with Crippen molar-refractivity contribution in [2.45, 2.75) is 19.5 Å². The van der Waals surface area contributed by atoms with Crippen molar-refractivity contribution in [3.63, 3.8) is 0 Å². The van der Waals surface area contributed by atoms with Gasteiger partial charge < -0.3 is 4.74 Å². The molecule has 0 saturated carbocycles. The summed E-state index contributed by atoms with van der Waals surface area (Å²) >= 11 is 0. The van der Waals surface area contributed by atoms with Crippen LogP contribution in [0, 0.1) is 0 Å². The minimum Gasteiger partial charge on any atom is -0.449 e. The molecule has 0 bridgehead atoms. The number of carbonyl (C=O) groups excluding carboxylic acids is 1. The zero-order chi connectivity index (χ0) is 11.4. The monoisotopic (exact) mass is 234 g/mol. The lowest BCUT2D eigenvalue weighted by atomic mass is 10.5. The Morgan fingerprint density at radius 1 is 1.36 bits per heavy atom. The van der Waals surface area contributed by atoms with Gasteiger partial charge in [0, 0.05) is 6.92 Å². The summed E-state index contributed by atoms with van der Waals surface area (Å²) in [6, 6.07) is 0. The van der Waals surface area contributed by atoms with Gasteiger partial charge in [0.25, 0.3) is 0 Å². The number of hydrogen-bond donors (Lipinski definition) is 0. The van der Waals surface area contributed by atoms with Crippen LogP contribution >= 0.6 is 0 Å². The minimum absolute atomic E-state index is 0.847. The van der Waals surface area contributed by atoms with Gasteiger partial charge in [-0.3, -0.25) is 4.79 Å². The maximum atomic E-state index is 11.6. The molecule has 0 fully saturated rings. The minimum atomic E-state index is -4.52. The molecular weight excluding hydrogens is 225 g/mol. The molecule has 8 heteroatoms. The third-order valence-electron chi connectivity index (χ3n) is 1.14. The molecule has 0 N–H and O–H groups in total. The second kappa shape index (κ2) is 4.63. The molecule has 0 rings (SSSR count). The molecule has 0 spiro atoms. The number of halogens is 3. The smallest absolute Gasteiger partial charge is 0.390 e. The number of esters is 1. The molecule has 0 aliphatic carbocycles. The molecular formula is C6H9F3O4S. The lowest BCUT2D eigenvalue weighted by Crippen LogP contribution is -2.20. The molecule has 0 amide bonds. The highest BCUT2D eigenvalue weighted by Crippen LogP contribution is 2.20. The highest BCUT2D eigenvalue weighted by Gasteiger charge is 2.30. The Balaban J connectivity index is 4.03. The van der Waals surface area contributed by atoms with Gasteiger partial charge in [0.1, 0.15) is 0 Å². The van der Waals surface area contributed by atoms with E-state index in [0.717, 1.165) is 6.92 Å². The third-order valence-corrected chi connectivity index (χ3v) is 2.44. The van der Waals surface area contributed by atoms with E-state index in [9.17, 15) is 26.4 Å². The number of alkyl halides is 3. The van der Waals surface area contributed by atoms with Crippen molar-refractivity contribution in [3.8, 4) is 0 Å². The van der Waals surface area contributed by atoms with Crippen molar-refractivity contribution in [3.05, 3.63) is 0 Å². The zero-order valence-corrected chi connectivity index (χ0v) is 8.11. The van der Waals surface area contributed by atoms with E-state index < -0.39 is 40.1 Å². The van der Waals surface area contributed by atoms with E-state index in [1.165, 1.54) is 0 Å². The first-order valence-electron chi connectivity index (χ1n) is 3.53. The van der Waals surface area contributed by atoms with Crippen molar-refractivity contribution in [2.24, 2.45) is 0 Å². The average Bonchev–Trinajstić information content (AvgIpc) is 1.97. The molecule has 0 radical (unpaired) electrons. The van der Waals surface area contributed by atoms with Crippen LogP contribution in [-0.2, 0) is 19.4 Å². The van der Waals surface area contributed by atoms with E-state index in [2.05, 4.69) is 4.74 Å². The first-order valence-corrected chi connectivity index (χ1v) is 5.35. The van der Waals surface area contributed by atoms with Crippen LogP contribution in [0.25, 0.3) is 0 Å². The van der Waals surface area contributed by atoms with Crippen molar-refractivity contribution >= 4 is 15.8 Å². The number of ether oxygens (including phenoxy) is 1. The van der Waals surface area contributed by atoms with E-state index >= 15 is 0 Å². The maximum absolute atomic E-state index is 11.6. The van der Waals surface area contributed by atoms with Crippen LogP contribution in [-0.4, -0.2) is 32.3 Å². The molecule has 0 aromatic carbocycles. The predicted molar refractivity (Wildman–Crippen MR) is 41.1 cm³/mol. The van der Waals surface area contributed by atoms with E-state index in [4.69, 9.17) is 0 Å². The van der Waals surface area contributed by atoms with Gasteiger partial charge >= 0.3 is 12.1 Å². The van der Waals surface area contributed by atoms with Crippen molar-refractivity contribution < 1.29 is 31.1 Å². The lowest BCUT2D eigenvalue weighted by molar-refractivity contribution is -0.138. The summed E-state index contributed by atoms with van der Waals surface area (Å²) in [5.74, 6) is -2.91. The van der Waals surface area contributed by atoms with E-state index in [0.29, 0.717) is 0 Å². The summed E-state index contributed by atoms with van der Waals surface area (Å²) in [6.45, 7) is 0.972. The van der Waals surface area contributed by atoms with Gasteiger partial charge in [0.2, 0.25) is 0 Å². The van der Waals surface area contributed by atoms with Gasteiger partial charge in [-0.15, -0.1) is 0 Å². The fourth-order valence-corrected chi connectivity index (χ4v) is 1.51. The van der Waals surface area contributed by atoms with Gasteiger partial charge in [-0.2, -0.15) is 13.2 Å². The van der Waals surface area contributed by atoms with Crippen LogP contribution in [0.15, 0.2) is 0 Å². The summed E-state index contributed by atoms with van der Waals surface area (Å²) in [5.41, 5.74) is 0. The predicted octanol–water partition coefficient (Wildman–Crippen LogP) is 0.874. The Labute approximate surface area is 79.0 Å². The molecule has 0 aliphatic rings. The van der Waals surface area contributed by atoms with Crippen LogP contribution in [0.5, 0.6) is 0 Å². The molecule has 0 aromatic rings. The molecule has 84 valence electrons. The molecule has 0 atom stereocenters. The van der Waals surface area contributed by atoms with Gasteiger partial charge in [-0.1, -0.05) is 0 Å². The highest BCUT2D eigenvalue weighted by atomic mass is 32.2. The van der Waals surface area contributed by atoms with Gasteiger partial charge in [0.15, 0.2) is 15.8 Å². The largest absolute Gasteiger partial charge is 0.449 e. The summed E-state index contributed by atoms with van der Waals surface area (Å²) in [4.78, 5) is 10.2. The van der Waals surface area contributed by atoms with Crippen molar-refractivity contribution in [1.29, 1.82) is 0 Å². The summed E-state index contributed by atoms with van der Waals surface area (Å²) < 4.78 is 60.5. The maximum Gasteiger partial charge on any atom is 0.390 e. The average molecular weight is 234 g/mol. The summed E-state index contributed by atoms with van der Waals surface area (Å²) in [6.07, 6.45) is -5.96. The summed E-state index contributed by atoms with van der Waals surface area (Å²) in [5, 5.41) is 0. The molecule has 0 aromatic heterocycles. The van der Waals surface area contributed by atoms with Crippen molar-refractivity contribution in [2.75, 3.05) is 11.7 Å². The Bertz CT molecular complexity index is 293. The second-order valence-corrected chi connectivity index (χ2v) is 4.70. The highest BCUT2D eigenvalue weighted by molar-refractivity contribution is 7.91. The second-order valence-electron chi connectivity index (χ2n) is 2.57. The number of rotatable bonds is 4. The fraction of sp³-hybridized carbons (Fsp3) is 0.833. The Hall–Kier alpha value is -0.790. The van der Waals surface area contributed by atoms with Gasteiger partial charge in [0.05, 0.1) is 12.2 Å². The molecule has 4 nitrogen and oxygen atoms in total. The van der Waals surface area contributed by atoms with Crippen LogP contribution < -0.4 is 0 Å². The first kappa shape index (κ1) is 13.2. The van der Waals surface area contributed by atoms with Gasteiger partial charge in [-0.05, 0) is 0 Å². The standard InChI is InChI=1S/C6H9F3O4S/c1-5(10)13-4-14(11,12)3-2-6(7,8)9/h2-4H2,1H3. The zero-order valence-electron chi connectivity index (χ0n) is 7.30. The quantitative estimate of drug-likeness (QED) is 0.677. The SMILES string of the molecule is CC(=O)OCS(=O)(=O)CCC(F)(F)F. The lowest BCUT2D eigenvalue weighted by Gasteiger charge is -2.06. The number of hydrogen-bond acceptors (Lipinski definition) is 4. The Kier molecular flexibility index (Phi) is 4.37. The molecule has 14 heavy (non-hydrogen) atoms. The number of carbonyl (C=O) groups is 1. The number of sulfone groups is 1. The summed E-state index contributed by atoms with van der Waals surface area (Å²) in [7, 11) is -3.97. The van der Waals surface area contributed by atoms with Crippen LogP contribution in [0.4, 0.5) is 13.2 Å². The Morgan fingerprint density at radius 3 is 2.21 bits per heavy atom. The fourth-order valence-electron chi connectivity index (χ4n) is 0.503. The first-order chi connectivity index (χ1) is 6.12. The topological polar surface area (TPSA) is 60.4 Å².